The highest BCUT2D eigenvalue weighted by atomic mass is 16.1. The fraction of sp³-hybridized carbons (Fsp3) is 0.500. The molecule has 80 valence electrons. The van der Waals surface area contributed by atoms with Gasteiger partial charge in [0.25, 0.3) is 0 Å². The van der Waals surface area contributed by atoms with Gasteiger partial charge in [0.05, 0.1) is 0 Å². The molecule has 0 aromatic heterocycles. The maximum absolute atomic E-state index is 11.8. The first-order chi connectivity index (χ1) is 7.24. The van der Waals surface area contributed by atoms with Gasteiger partial charge in [0.2, 0.25) is 0 Å². The Kier molecular flexibility index (Phi) is 2.90. The van der Waals surface area contributed by atoms with Crippen LogP contribution in [-0.4, -0.2) is 5.78 Å². The van der Waals surface area contributed by atoms with E-state index in [2.05, 4.69) is 25.1 Å². The minimum atomic E-state index is 0.169. The number of ketones is 1. The minimum absolute atomic E-state index is 0.169. The highest BCUT2D eigenvalue weighted by Crippen LogP contribution is 2.39. The van der Waals surface area contributed by atoms with E-state index in [1.165, 1.54) is 11.1 Å². The molecule has 2 rings (SSSR count). The molecular weight excluding hydrogens is 184 g/mol. The molecule has 0 bridgehead atoms. The highest BCUT2D eigenvalue weighted by Gasteiger charge is 2.27. The van der Waals surface area contributed by atoms with E-state index in [1.54, 1.807) is 0 Å². The van der Waals surface area contributed by atoms with E-state index in [-0.39, 0.29) is 5.92 Å². The zero-order valence-electron chi connectivity index (χ0n) is 9.49. The van der Waals surface area contributed by atoms with Crippen molar-refractivity contribution < 1.29 is 4.79 Å². The van der Waals surface area contributed by atoms with E-state index in [0.717, 1.165) is 12.8 Å². The third-order valence-electron chi connectivity index (χ3n) is 3.53. The predicted molar refractivity (Wildman–Crippen MR) is 62.1 cm³/mol. The molecule has 0 saturated heterocycles. The van der Waals surface area contributed by atoms with Gasteiger partial charge in [-0.05, 0) is 29.9 Å². The topological polar surface area (TPSA) is 17.1 Å². The van der Waals surface area contributed by atoms with Gasteiger partial charge in [-0.15, -0.1) is 0 Å². The van der Waals surface area contributed by atoms with Crippen LogP contribution in [0, 0.1) is 0 Å². The normalized spacial score (nSPS) is 24.7. The average Bonchev–Trinajstić information content (AvgIpc) is 2.29. The Hall–Kier alpha value is -1.11. The van der Waals surface area contributed by atoms with Crippen molar-refractivity contribution in [2.75, 3.05) is 0 Å². The van der Waals surface area contributed by atoms with Gasteiger partial charge in [-0.1, -0.05) is 38.1 Å². The molecular formula is C14H18O. The Balaban J connectivity index is 2.40. The van der Waals surface area contributed by atoms with E-state index < -0.39 is 0 Å². The third kappa shape index (κ3) is 1.83. The van der Waals surface area contributed by atoms with Crippen LogP contribution in [0.25, 0.3) is 0 Å². The molecule has 1 aromatic carbocycles. The summed E-state index contributed by atoms with van der Waals surface area (Å²) in [5, 5.41) is 0. The number of hydrogen-bond donors (Lipinski definition) is 0. The van der Waals surface area contributed by atoms with Crippen LogP contribution in [0.1, 0.15) is 56.1 Å². The van der Waals surface area contributed by atoms with Crippen LogP contribution in [0.15, 0.2) is 24.3 Å². The van der Waals surface area contributed by atoms with Crippen LogP contribution in [-0.2, 0) is 4.79 Å². The number of Topliss-reactive ketones (excluding diaryl/α,β-unsaturated/α-hetero) is 1. The summed E-state index contributed by atoms with van der Waals surface area (Å²) >= 11 is 0. The minimum Gasteiger partial charge on any atom is -0.299 e. The van der Waals surface area contributed by atoms with Gasteiger partial charge in [0.15, 0.2) is 0 Å². The second-order valence-electron chi connectivity index (χ2n) is 4.48. The molecule has 1 nitrogen and oxygen atoms in total. The number of carbonyl (C=O) groups is 1. The molecule has 0 spiro atoms. The van der Waals surface area contributed by atoms with Gasteiger partial charge in [0.1, 0.15) is 5.78 Å². The van der Waals surface area contributed by atoms with Crippen LogP contribution in [0.5, 0.6) is 0 Å². The number of fused-ring (bicyclic) bond motifs is 1. The second-order valence-corrected chi connectivity index (χ2v) is 4.48. The number of benzene rings is 1. The molecule has 2 unspecified atom stereocenters. The predicted octanol–water partition coefficient (Wildman–Crippen LogP) is 3.65. The van der Waals surface area contributed by atoms with Gasteiger partial charge in [-0.25, -0.2) is 0 Å². The summed E-state index contributed by atoms with van der Waals surface area (Å²) in [5.41, 5.74) is 2.67. The Labute approximate surface area is 91.5 Å². The zero-order valence-corrected chi connectivity index (χ0v) is 9.49. The molecule has 1 aromatic rings. The lowest BCUT2D eigenvalue weighted by molar-refractivity contribution is -0.120. The molecule has 0 N–H and O–H groups in total. The smallest absolute Gasteiger partial charge is 0.140 e. The first kappa shape index (κ1) is 10.4. The van der Waals surface area contributed by atoms with Crippen molar-refractivity contribution in [3.63, 3.8) is 0 Å². The van der Waals surface area contributed by atoms with Crippen LogP contribution in [0.3, 0.4) is 0 Å². The summed E-state index contributed by atoms with van der Waals surface area (Å²) in [6.07, 6.45) is 2.84. The lowest BCUT2D eigenvalue weighted by atomic mass is 9.75. The summed E-state index contributed by atoms with van der Waals surface area (Å²) in [7, 11) is 0. The number of rotatable bonds is 2. The molecule has 1 aliphatic rings. The van der Waals surface area contributed by atoms with E-state index >= 15 is 0 Å². The van der Waals surface area contributed by atoms with E-state index in [9.17, 15) is 4.79 Å². The summed E-state index contributed by atoms with van der Waals surface area (Å²) in [6.45, 7) is 4.22. The van der Waals surface area contributed by atoms with Crippen LogP contribution in [0.2, 0.25) is 0 Å². The van der Waals surface area contributed by atoms with Gasteiger partial charge in [-0.2, -0.15) is 0 Å². The molecule has 0 fully saturated rings. The number of hydrogen-bond acceptors (Lipinski definition) is 1. The SMILES string of the molecule is CCC(=O)C1CCC(C)c2ccccc21. The van der Waals surface area contributed by atoms with Crippen molar-refractivity contribution in [3.05, 3.63) is 35.4 Å². The first-order valence-electron chi connectivity index (χ1n) is 5.85. The molecule has 0 radical (unpaired) electrons. The van der Waals surface area contributed by atoms with E-state index in [1.807, 2.05) is 13.0 Å². The van der Waals surface area contributed by atoms with Crippen LogP contribution in [0.4, 0.5) is 0 Å². The monoisotopic (exact) mass is 202 g/mol. The summed E-state index contributed by atoms with van der Waals surface area (Å²) in [4.78, 5) is 11.8. The molecule has 1 aliphatic carbocycles. The molecule has 0 aliphatic heterocycles. The van der Waals surface area contributed by atoms with Crippen molar-refractivity contribution in [2.45, 2.75) is 44.9 Å². The van der Waals surface area contributed by atoms with Crippen molar-refractivity contribution >= 4 is 5.78 Å². The first-order valence-corrected chi connectivity index (χ1v) is 5.85. The molecule has 2 atom stereocenters. The quantitative estimate of drug-likeness (QED) is 0.715. The Morgan fingerprint density at radius 3 is 2.60 bits per heavy atom. The molecule has 0 saturated carbocycles. The highest BCUT2D eigenvalue weighted by molar-refractivity contribution is 5.86. The fourth-order valence-corrected chi connectivity index (χ4v) is 2.59. The van der Waals surface area contributed by atoms with Crippen LogP contribution < -0.4 is 0 Å². The van der Waals surface area contributed by atoms with Crippen molar-refractivity contribution in [2.24, 2.45) is 0 Å². The molecule has 0 amide bonds. The van der Waals surface area contributed by atoms with Gasteiger partial charge in [0, 0.05) is 12.3 Å². The van der Waals surface area contributed by atoms with Gasteiger partial charge in [-0.3, -0.25) is 4.79 Å². The maximum atomic E-state index is 11.8. The Bertz CT molecular complexity index is 367. The summed E-state index contributed by atoms with van der Waals surface area (Å²) in [6, 6.07) is 8.43. The van der Waals surface area contributed by atoms with Crippen molar-refractivity contribution in [1.82, 2.24) is 0 Å². The molecule has 0 heterocycles. The van der Waals surface area contributed by atoms with E-state index in [0.29, 0.717) is 18.1 Å². The number of carbonyl (C=O) groups excluding carboxylic acids is 1. The second kappa shape index (κ2) is 4.18. The molecule has 15 heavy (non-hydrogen) atoms. The third-order valence-corrected chi connectivity index (χ3v) is 3.53. The standard InChI is InChI=1S/C14H18O/c1-3-14(15)13-9-8-10(2)11-6-4-5-7-12(11)13/h4-7,10,13H,3,8-9H2,1-2H3. The van der Waals surface area contributed by atoms with E-state index in [4.69, 9.17) is 0 Å². The lowest BCUT2D eigenvalue weighted by Crippen LogP contribution is -2.19. The van der Waals surface area contributed by atoms with Crippen molar-refractivity contribution in [1.29, 1.82) is 0 Å². The van der Waals surface area contributed by atoms with Crippen molar-refractivity contribution in [3.8, 4) is 0 Å². The zero-order chi connectivity index (χ0) is 10.8. The van der Waals surface area contributed by atoms with Gasteiger partial charge < -0.3 is 0 Å². The Morgan fingerprint density at radius 2 is 1.93 bits per heavy atom. The average molecular weight is 202 g/mol. The maximum Gasteiger partial charge on any atom is 0.140 e. The Morgan fingerprint density at radius 1 is 1.27 bits per heavy atom. The lowest BCUT2D eigenvalue weighted by Gasteiger charge is -2.28. The van der Waals surface area contributed by atoms with Gasteiger partial charge >= 0.3 is 0 Å². The fourth-order valence-electron chi connectivity index (χ4n) is 2.59. The summed E-state index contributed by atoms with van der Waals surface area (Å²) < 4.78 is 0. The van der Waals surface area contributed by atoms with Crippen LogP contribution >= 0.6 is 0 Å². The molecule has 1 heteroatoms. The summed E-state index contributed by atoms with van der Waals surface area (Å²) in [5.74, 6) is 1.18. The largest absolute Gasteiger partial charge is 0.299 e.